The maximum Gasteiger partial charge on any atom is 0.272 e. The number of hydrogen-bond donors (Lipinski definition) is 3. The first-order chi connectivity index (χ1) is 30.6. The van der Waals surface area contributed by atoms with Crippen molar-refractivity contribution in [1.82, 2.24) is 39.4 Å². The van der Waals surface area contributed by atoms with E-state index in [1.165, 1.54) is 57.7 Å². The third-order valence-electron chi connectivity index (χ3n) is 15.7. The normalized spacial score (nSPS) is 25.0. The molecule has 2 aromatic carbocycles. The molecule has 9 rings (SSSR count). The van der Waals surface area contributed by atoms with Crippen LogP contribution in [-0.2, 0) is 11.8 Å². The molecule has 0 spiro atoms. The molecule has 4 aliphatic rings. The monoisotopic (exact) mass is 857 g/mol. The van der Waals surface area contributed by atoms with E-state index in [0.29, 0.717) is 40.1 Å². The average molecular weight is 857 g/mol. The molecule has 336 valence electrons. The minimum absolute atomic E-state index is 0.0860. The second kappa shape index (κ2) is 18.6. The number of nitrogen functional groups attached to an aromatic ring is 1. The van der Waals surface area contributed by atoms with Crippen LogP contribution in [0.15, 0.2) is 54.9 Å². The molecule has 1 aliphatic heterocycles. The van der Waals surface area contributed by atoms with E-state index in [0.717, 1.165) is 111 Å². The number of nitrogens with zero attached hydrogens (tertiary/aromatic N) is 7. The first kappa shape index (κ1) is 43.3. The van der Waals surface area contributed by atoms with E-state index >= 15 is 0 Å². The van der Waals surface area contributed by atoms with Crippen molar-refractivity contribution in [2.45, 2.75) is 109 Å². The maximum atomic E-state index is 13.5. The first-order valence-corrected chi connectivity index (χ1v) is 23.9. The van der Waals surface area contributed by atoms with Crippen LogP contribution in [0.2, 0.25) is 0 Å². The van der Waals surface area contributed by atoms with Gasteiger partial charge in [0.25, 0.3) is 5.91 Å². The minimum Gasteiger partial charge on any atom is -0.495 e. The topological polar surface area (TPSA) is 148 Å². The summed E-state index contributed by atoms with van der Waals surface area (Å²) in [7, 11) is 3.50. The van der Waals surface area contributed by atoms with E-state index in [9.17, 15) is 9.59 Å². The Morgan fingerprint density at radius 2 is 1.78 bits per heavy atom. The van der Waals surface area contributed by atoms with E-state index in [4.69, 9.17) is 20.6 Å². The number of aromatic nitrogens is 5. The van der Waals surface area contributed by atoms with E-state index < -0.39 is 0 Å². The van der Waals surface area contributed by atoms with Crippen LogP contribution < -0.4 is 21.1 Å². The van der Waals surface area contributed by atoms with E-state index in [1.807, 2.05) is 60.1 Å². The molecule has 3 aliphatic carbocycles. The SMILES string of the molecule is CCC1CC2CCCC(CC[C@@H](C)C(=O)NCCN3CCN(C4CCC(n5nc(-c6ccc(NC(=O)c7cc8ccccc8n7C)c(OC)c6)c6c(N)ncnc65)CC4)CC3)(C1)C2. The lowest BCUT2D eigenvalue weighted by molar-refractivity contribution is -0.125. The molecule has 0 radical (unpaired) electrons. The number of anilines is 2. The number of nitrogens with two attached hydrogens (primary N) is 1. The molecule has 3 saturated carbocycles. The predicted molar refractivity (Wildman–Crippen MR) is 251 cm³/mol. The summed E-state index contributed by atoms with van der Waals surface area (Å²) in [6, 6.07) is 16.3. The first-order valence-electron chi connectivity index (χ1n) is 23.9. The van der Waals surface area contributed by atoms with Crippen molar-refractivity contribution in [3.8, 4) is 17.0 Å². The molecular weight excluding hydrogens is 789 g/mol. The highest BCUT2D eigenvalue weighted by Gasteiger charge is 2.42. The lowest BCUT2D eigenvalue weighted by Gasteiger charge is -2.49. The van der Waals surface area contributed by atoms with Crippen molar-refractivity contribution in [3.63, 3.8) is 0 Å². The lowest BCUT2D eigenvalue weighted by atomic mass is 9.57. The van der Waals surface area contributed by atoms with Gasteiger partial charge >= 0.3 is 0 Å². The van der Waals surface area contributed by atoms with Crippen LogP contribution in [0.5, 0.6) is 5.75 Å². The Morgan fingerprint density at radius 3 is 2.56 bits per heavy atom. The molecule has 13 heteroatoms. The summed E-state index contributed by atoms with van der Waals surface area (Å²) in [6.07, 6.45) is 17.7. The van der Waals surface area contributed by atoms with Gasteiger partial charge in [0.05, 0.1) is 24.2 Å². The Balaban J connectivity index is 0.765. The number of ether oxygens (including phenoxy) is 1. The van der Waals surface area contributed by atoms with Crippen LogP contribution in [0.1, 0.15) is 114 Å². The zero-order valence-corrected chi connectivity index (χ0v) is 38.0. The fourth-order valence-corrected chi connectivity index (χ4v) is 12.0. The Hall–Kier alpha value is -5.01. The van der Waals surface area contributed by atoms with Gasteiger partial charge in [-0.15, -0.1) is 0 Å². The van der Waals surface area contributed by atoms with Crippen LogP contribution in [0.4, 0.5) is 11.5 Å². The summed E-state index contributed by atoms with van der Waals surface area (Å²) in [5, 5.41) is 13.3. The highest BCUT2D eigenvalue weighted by molar-refractivity contribution is 6.07. The second-order valence-corrected chi connectivity index (χ2v) is 19.5. The van der Waals surface area contributed by atoms with E-state index in [1.54, 1.807) is 7.11 Å². The standard InChI is InChI=1S/C50H68N10O3/c1-5-34-27-35-9-8-19-50(30-34,31-35)20-18-33(2)48(61)52-21-22-58-23-25-59(26-24-58)38-13-15-39(16-14-38)60-47-44(46(51)53-32-54-47)45(56-60)37-12-17-40(43(29-37)63-4)55-49(62)42-28-36-10-6-7-11-41(36)57(42)3/h6-7,10-12,17,28-29,32-35,38-39H,5,8-9,13-16,18-27,30-31H2,1-4H3,(H,52,61)(H,55,62)(H2,51,53,54)/t33-,34?,35?,38?,39?,50?/m1/s1. The molecule has 4 heterocycles. The Kier molecular flexibility index (Phi) is 12.8. The number of amides is 2. The van der Waals surface area contributed by atoms with Gasteiger partial charge in [-0.3, -0.25) is 19.4 Å². The molecule has 3 unspecified atom stereocenters. The zero-order valence-electron chi connectivity index (χ0n) is 38.0. The van der Waals surface area contributed by atoms with Crippen LogP contribution in [0.3, 0.4) is 0 Å². The molecule has 5 aromatic rings. The molecule has 2 amide bonds. The molecule has 2 bridgehead atoms. The number of benzene rings is 2. The number of aryl methyl sites for hydroxylation is 1. The van der Waals surface area contributed by atoms with Crippen molar-refractivity contribution in [3.05, 3.63) is 60.6 Å². The smallest absolute Gasteiger partial charge is 0.272 e. The van der Waals surface area contributed by atoms with Crippen molar-refractivity contribution in [2.24, 2.45) is 30.2 Å². The number of rotatable bonds is 14. The largest absolute Gasteiger partial charge is 0.495 e. The Labute approximate surface area is 372 Å². The van der Waals surface area contributed by atoms with Crippen molar-refractivity contribution < 1.29 is 14.3 Å². The van der Waals surface area contributed by atoms with Gasteiger partial charge in [-0.25, -0.2) is 14.6 Å². The van der Waals surface area contributed by atoms with Gasteiger partial charge in [-0.2, -0.15) is 5.10 Å². The zero-order chi connectivity index (χ0) is 43.7. The number of fused-ring (bicyclic) bond motifs is 4. The number of para-hydroxylation sites is 1. The summed E-state index contributed by atoms with van der Waals surface area (Å²) in [4.78, 5) is 40.9. The van der Waals surface area contributed by atoms with Gasteiger partial charge in [0, 0.05) is 74.7 Å². The van der Waals surface area contributed by atoms with Crippen molar-refractivity contribution >= 4 is 45.3 Å². The summed E-state index contributed by atoms with van der Waals surface area (Å²) < 4.78 is 9.77. The molecule has 63 heavy (non-hydrogen) atoms. The second-order valence-electron chi connectivity index (χ2n) is 19.5. The number of nitrogens with one attached hydrogen (secondary N) is 2. The Morgan fingerprint density at radius 1 is 0.984 bits per heavy atom. The summed E-state index contributed by atoms with van der Waals surface area (Å²) in [6.45, 7) is 10.3. The predicted octanol–water partition coefficient (Wildman–Crippen LogP) is 8.46. The van der Waals surface area contributed by atoms with Crippen LogP contribution in [0, 0.1) is 23.2 Å². The molecule has 4 atom stereocenters. The average Bonchev–Trinajstić information content (AvgIpc) is 3.87. The summed E-state index contributed by atoms with van der Waals surface area (Å²) in [5.74, 6) is 2.83. The molecule has 1 saturated heterocycles. The fraction of sp³-hybridized carbons (Fsp3) is 0.580. The maximum absolute atomic E-state index is 13.5. The van der Waals surface area contributed by atoms with Crippen LogP contribution >= 0.6 is 0 Å². The van der Waals surface area contributed by atoms with Crippen LogP contribution in [-0.4, -0.2) is 98.3 Å². The molecule has 3 aromatic heterocycles. The third-order valence-corrected chi connectivity index (χ3v) is 15.7. The van der Waals surface area contributed by atoms with Gasteiger partial charge in [0.1, 0.15) is 29.3 Å². The quantitative estimate of drug-likeness (QED) is 0.100. The van der Waals surface area contributed by atoms with Gasteiger partial charge in [-0.1, -0.05) is 57.4 Å². The fourth-order valence-electron chi connectivity index (χ4n) is 12.0. The number of methoxy groups -OCH3 is 1. The van der Waals surface area contributed by atoms with Crippen LogP contribution in [0.25, 0.3) is 33.2 Å². The molecule has 4 fully saturated rings. The highest BCUT2D eigenvalue weighted by Crippen LogP contribution is 2.54. The molecular formula is C50H68N10O3. The summed E-state index contributed by atoms with van der Waals surface area (Å²) >= 11 is 0. The van der Waals surface area contributed by atoms with Gasteiger partial charge in [-0.05, 0) is 106 Å². The van der Waals surface area contributed by atoms with Gasteiger partial charge in [0.15, 0.2) is 5.65 Å². The highest BCUT2D eigenvalue weighted by atomic mass is 16.5. The number of piperazine rings is 1. The minimum atomic E-state index is -0.221. The third kappa shape index (κ3) is 9.05. The number of carbonyl (C=O) groups is 2. The molecule has 4 N–H and O–H groups in total. The van der Waals surface area contributed by atoms with Crippen molar-refractivity contribution in [1.29, 1.82) is 0 Å². The van der Waals surface area contributed by atoms with E-state index in [-0.39, 0.29) is 23.8 Å². The number of hydrogen-bond acceptors (Lipinski definition) is 9. The summed E-state index contributed by atoms with van der Waals surface area (Å²) in [5.41, 5.74) is 11.4. The van der Waals surface area contributed by atoms with Gasteiger partial charge in [0.2, 0.25) is 5.91 Å². The lowest BCUT2D eigenvalue weighted by Crippen LogP contribution is -2.52. The van der Waals surface area contributed by atoms with E-state index in [2.05, 4.69) is 43.9 Å². The number of carbonyl (C=O) groups excluding carboxylic acids is 2. The Bertz CT molecular complexity index is 2410. The van der Waals surface area contributed by atoms with Gasteiger partial charge < -0.3 is 25.7 Å². The molecule has 13 nitrogen and oxygen atoms in total. The van der Waals surface area contributed by atoms with Crippen molar-refractivity contribution in [2.75, 3.05) is 57.4 Å².